The quantitative estimate of drug-likeness (QED) is 0.303. The largest absolute Gasteiger partial charge is 0.332 e. The Kier molecular flexibility index (Phi) is 6.45. The second-order valence-electron chi connectivity index (χ2n) is 7.37. The Balaban J connectivity index is 1.47. The van der Waals surface area contributed by atoms with E-state index in [1.807, 2.05) is 6.92 Å². The molecule has 1 N–H and O–H groups in total. The van der Waals surface area contributed by atoms with E-state index in [9.17, 15) is 14.0 Å². The summed E-state index contributed by atoms with van der Waals surface area (Å²) in [6.45, 7) is 3.12. The van der Waals surface area contributed by atoms with Crippen LogP contribution in [0.25, 0.3) is 22.6 Å². The van der Waals surface area contributed by atoms with E-state index in [2.05, 4.69) is 25.4 Å². The molecule has 12 heteroatoms. The average molecular weight is 461 g/mol. The minimum absolute atomic E-state index is 0.0717. The van der Waals surface area contributed by atoms with Crippen LogP contribution in [0.2, 0.25) is 5.28 Å². The van der Waals surface area contributed by atoms with Gasteiger partial charge in [-0.05, 0) is 48.2 Å². The first-order chi connectivity index (χ1) is 15.5. The number of benzene rings is 1. The molecule has 4 aromatic rings. The predicted molar refractivity (Wildman–Crippen MR) is 117 cm³/mol. The number of aromatic amines is 1. The van der Waals surface area contributed by atoms with Crippen LogP contribution in [0, 0.1) is 5.82 Å². The Labute approximate surface area is 186 Å². The fourth-order valence-electron chi connectivity index (χ4n) is 3.46. The fraction of sp³-hybridized carbons (Fsp3) is 0.400. The number of fused-ring (bicyclic) bond motifs is 1. The van der Waals surface area contributed by atoms with E-state index in [-0.39, 0.29) is 34.4 Å². The van der Waals surface area contributed by atoms with Gasteiger partial charge in [-0.3, -0.25) is 13.9 Å². The number of hydrogen-bond donors (Lipinski definition) is 1. The first-order valence-electron chi connectivity index (χ1n) is 10.4. The molecule has 0 bridgehead atoms. The minimum Gasteiger partial charge on any atom is -0.323 e. The van der Waals surface area contributed by atoms with Crippen molar-refractivity contribution in [1.82, 2.24) is 39.3 Å². The molecule has 0 unspecified atom stereocenters. The monoisotopic (exact) mass is 460 g/mol. The maximum atomic E-state index is 13.9. The van der Waals surface area contributed by atoms with Gasteiger partial charge in [0, 0.05) is 13.1 Å². The molecule has 32 heavy (non-hydrogen) atoms. The molecule has 0 aliphatic rings. The number of nitrogens with zero attached hydrogens (tertiary/aromatic N) is 7. The lowest BCUT2D eigenvalue weighted by molar-refractivity contribution is 0.457. The molecule has 0 fully saturated rings. The van der Waals surface area contributed by atoms with Crippen LogP contribution < -0.4 is 11.2 Å². The van der Waals surface area contributed by atoms with Crippen molar-refractivity contribution >= 4 is 22.8 Å². The van der Waals surface area contributed by atoms with Crippen LogP contribution >= 0.6 is 11.6 Å². The first-order valence-corrected chi connectivity index (χ1v) is 10.8. The van der Waals surface area contributed by atoms with Crippen LogP contribution in [-0.2, 0) is 19.6 Å². The van der Waals surface area contributed by atoms with Gasteiger partial charge in [-0.25, -0.2) is 9.18 Å². The summed E-state index contributed by atoms with van der Waals surface area (Å²) in [5, 5.41) is 12.1. The number of imidazole rings is 1. The maximum absolute atomic E-state index is 13.9. The normalized spacial score (nSPS) is 11.5. The highest BCUT2D eigenvalue weighted by molar-refractivity contribution is 6.28. The van der Waals surface area contributed by atoms with Crippen LogP contribution in [0.1, 0.15) is 32.6 Å². The molecule has 0 aliphatic carbocycles. The molecule has 0 saturated carbocycles. The van der Waals surface area contributed by atoms with Gasteiger partial charge in [0.1, 0.15) is 5.82 Å². The molecule has 4 rings (SSSR count). The van der Waals surface area contributed by atoms with E-state index in [1.165, 1.54) is 20.0 Å². The van der Waals surface area contributed by atoms with Crippen LogP contribution in [0.5, 0.6) is 0 Å². The van der Waals surface area contributed by atoms with Gasteiger partial charge in [-0.1, -0.05) is 25.5 Å². The molecule has 10 nitrogen and oxygen atoms in total. The zero-order chi connectivity index (χ0) is 22.7. The standard InChI is InChI=1S/C20H22ClFN8O2/c1-2-3-10-28-17-15(23-19(21)24-17)18(31)29(20(28)32)11-6-7-12-30-26-16(25-27-30)13-8-4-5-9-14(13)22/h4-5,8-9H,2-3,6-7,10-12H2,1H3,(H,23,24). The molecule has 3 aromatic heterocycles. The smallest absolute Gasteiger partial charge is 0.323 e. The van der Waals surface area contributed by atoms with Gasteiger partial charge in [0.2, 0.25) is 11.1 Å². The number of H-pyrrole nitrogens is 1. The van der Waals surface area contributed by atoms with E-state index in [0.29, 0.717) is 25.9 Å². The topological polar surface area (TPSA) is 116 Å². The van der Waals surface area contributed by atoms with Gasteiger partial charge < -0.3 is 4.98 Å². The van der Waals surface area contributed by atoms with Gasteiger partial charge in [-0.15, -0.1) is 10.2 Å². The summed E-state index contributed by atoms with van der Waals surface area (Å²) in [6, 6.07) is 6.22. The molecule has 0 spiro atoms. The Bertz CT molecular complexity index is 1360. The van der Waals surface area contributed by atoms with Crippen molar-refractivity contribution in [3.8, 4) is 11.4 Å². The van der Waals surface area contributed by atoms with Crippen molar-refractivity contribution in [2.24, 2.45) is 0 Å². The summed E-state index contributed by atoms with van der Waals surface area (Å²) in [5.74, 6) is -0.209. The maximum Gasteiger partial charge on any atom is 0.332 e. The zero-order valence-corrected chi connectivity index (χ0v) is 18.2. The Morgan fingerprint density at radius 1 is 1.06 bits per heavy atom. The average Bonchev–Trinajstić information content (AvgIpc) is 3.40. The van der Waals surface area contributed by atoms with Crippen molar-refractivity contribution < 1.29 is 4.39 Å². The van der Waals surface area contributed by atoms with Crippen LogP contribution in [0.3, 0.4) is 0 Å². The highest BCUT2D eigenvalue weighted by Gasteiger charge is 2.16. The number of aromatic nitrogens is 8. The number of rotatable bonds is 9. The third kappa shape index (κ3) is 4.33. The highest BCUT2D eigenvalue weighted by Crippen LogP contribution is 2.17. The van der Waals surface area contributed by atoms with Gasteiger partial charge >= 0.3 is 5.69 Å². The molecule has 0 amide bonds. The number of hydrogen-bond acceptors (Lipinski definition) is 6. The lowest BCUT2D eigenvalue weighted by atomic mass is 10.2. The van der Waals surface area contributed by atoms with Crippen molar-refractivity contribution in [2.45, 2.75) is 52.2 Å². The van der Waals surface area contributed by atoms with E-state index in [0.717, 1.165) is 12.8 Å². The third-order valence-electron chi connectivity index (χ3n) is 5.13. The number of tetrazole rings is 1. The highest BCUT2D eigenvalue weighted by atomic mass is 35.5. The molecule has 0 aliphatic heterocycles. The Morgan fingerprint density at radius 2 is 1.81 bits per heavy atom. The molecule has 1 aromatic carbocycles. The van der Waals surface area contributed by atoms with Gasteiger partial charge in [0.15, 0.2) is 11.2 Å². The summed E-state index contributed by atoms with van der Waals surface area (Å²) < 4.78 is 16.6. The van der Waals surface area contributed by atoms with Crippen molar-refractivity contribution in [3.05, 3.63) is 56.2 Å². The van der Waals surface area contributed by atoms with E-state index < -0.39 is 17.1 Å². The molecular weight excluding hydrogens is 439 g/mol. The van der Waals surface area contributed by atoms with Gasteiger partial charge in [0.25, 0.3) is 5.56 Å². The summed E-state index contributed by atoms with van der Waals surface area (Å²) in [5.41, 5.74) is -0.0671. The number of nitrogens with one attached hydrogen (secondary N) is 1. The van der Waals surface area contributed by atoms with E-state index >= 15 is 0 Å². The number of unbranched alkanes of at least 4 members (excludes halogenated alkanes) is 2. The molecule has 168 valence electrons. The Morgan fingerprint density at radius 3 is 2.59 bits per heavy atom. The van der Waals surface area contributed by atoms with E-state index in [1.54, 1.807) is 18.2 Å². The zero-order valence-electron chi connectivity index (χ0n) is 17.5. The van der Waals surface area contributed by atoms with Crippen LogP contribution in [0.15, 0.2) is 33.9 Å². The molecule has 0 atom stereocenters. The van der Waals surface area contributed by atoms with Crippen LogP contribution in [-0.4, -0.2) is 39.3 Å². The summed E-state index contributed by atoms with van der Waals surface area (Å²) >= 11 is 5.94. The minimum atomic E-state index is -0.446. The van der Waals surface area contributed by atoms with Crippen molar-refractivity contribution in [1.29, 1.82) is 0 Å². The van der Waals surface area contributed by atoms with Gasteiger partial charge in [-0.2, -0.15) is 9.78 Å². The SMILES string of the molecule is CCCCn1c(=O)n(CCCCn2nnc(-c3ccccc3F)n2)c(=O)c2[nH]c(Cl)nc21. The third-order valence-corrected chi connectivity index (χ3v) is 5.30. The van der Waals surface area contributed by atoms with Crippen molar-refractivity contribution in [3.63, 3.8) is 0 Å². The van der Waals surface area contributed by atoms with Crippen molar-refractivity contribution in [2.75, 3.05) is 0 Å². The van der Waals surface area contributed by atoms with Gasteiger partial charge in [0.05, 0.1) is 12.1 Å². The molecular formula is C20H22ClFN8O2. The lowest BCUT2D eigenvalue weighted by Crippen LogP contribution is -2.40. The second-order valence-corrected chi connectivity index (χ2v) is 7.72. The van der Waals surface area contributed by atoms with Crippen LogP contribution in [0.4, 0.5) is 4.39 Å². The molecule has 0 saturated heterocycles. The lowest BCUT2D eigenvalue weighted by Gasteiger charge is -2.10. The predicted octanol–water partition coefficient (Wildman–Crippen LogP) is 2.61. The summed E-state index contributed by atoms with van der Waals surface area (Å²) in [6.07, 6.45) is 2.80. The Hall–Kier alpha value is -3.34. The number of aryl methyl sites for hydroxylation is 2. The molecule has 3 heterocycles. The second kappa shape index (κ2) is 9.43. The molecule has 0 radical (unpaired) electrons. The first kappa shape index (κ1) is 21.9. The van der Waals surface area contributed by atoms with E-state index in [4.69, 9.17) is 11.6 Å². The summed E-state index contributed by atoms with van der Waals surface area (Å²) in [4.78, 5) is 33.9. The number of halogens is 2. The summed E-state index contributed by atoms with van der Waals surface area (Å²) in [7, 11) is 0. The fourth-order valence-corrected chi connectivity index (χ4v) is 3.64.